The summed E-state index contributed by atoms with van der Waals surface area (Å²) >= 11 is 0. The van der Waals surface area contributed by atoms with Gasteiger partial charge < -0.3 is 10.2 Å². The number of alkyl halides is 3. The SMILES string of the molecule is CC[C@@H](C)NC(=O)[C@@H](Cc1ccccc1)N(Cc1cccc(C)c1)C(=O)CN(c1cccc(C(F)(F)F)c1)S(=O)(=O)c1ccccc1. The molecule has 4 rings (SSSR count). The number of anilines is 1. The van der Waals surface area contributed by atoms with Gasteiger partial charge in [-0.3, -0.25) is 13.9 Å². The molecule has 4 aromatic rings. The van der Waals surface area contributed by atoms with Crippen LogP contribution in [0, 0.1) is 6.92 Å². The Balaban J connectivity index is 1.84. The van der Waals surface area contributed by atoms with Crippen LogP contribution in [0.5, 0.6) is 0 Å². The van der Waals surface area contributed by atoms with E-state index in [4.69, 9.17) is 0 Å². The van der Waals surface area contributed by atoms with Crippen LogP contribution in [0.3, 0.4) is 0 Å². The van der Waals surface area contributed by atoms with Crippen molar-refractivity contribution in [2.75, 3.05) is 10.8 Å². The molecule has 0 saturated carbocycles. The molecule has 0 saturated heterocycles. The van der Waals surface area contributed by atoms with Crippen LogP contribution in [0.25, 0.3) is 0 Å². The predicted octanol–water partition coefficient (Wildman–Crippen LogP) is 6.76. The number of rotatable bonds is 13. The summed E-state index contributed by atoms with van der Waals surface area (Å²) in [5.41, 5.74) is 0.976. The normalized spacial score (nSPS) is 13.0. The molecule has 7 nitrogen and oxygen atoms in total. The van der Waals surface area contributed by atoms with Gasteiger partial charge in [0.1, 0.15) is 12.6 Å². The zero-order valence-electron chi connectivity index (χ0n) is 26.4. The lowest BCUT2D eigenvalue weighted by molar-refractivity contribution is -0.140. The number of aryl methyl sites for hydroxylation is 1. The molecule has 0 aromatic heterocycles. The van der Waals surface area contributed by atoms with E-state index in [9.17, 15) is 31.2 Å². The quantitative estimate of drug-likeness (QED) is 0.171. The topological polar surface area (TPSA) is 86.8 Å². The molecule has 0 unspecified atom stereocenters. The van der Waals surface area contributed by atoms with Crippen LogP contribution < -0.4 is 9.62 Å². The number of benzene rings is 4. The summed E-state index contributed by atoms with van der Waals surface area (Å²) in [6.45, 7) is 4.73. The third kappa shape index (κ3) is 9.22. The molecule has 1 N–H and O–H groups in total. The monoisotopic (exact) mass is 665 g/mol. The predicted molar refractivity (Wildman–Crippen MR) is 176 cm³/mol. The van der Waals surface area contributed by atoms with Crippen molar-refractivity contribution in [2.24, 2.45) is 0 Å². The second kappa shape index (κ2) is 15.3. The highest BCUT2D eigenvalue weighted by atomic mass is 32.2. The molecule has 11 heteroatoms. The minimum atomic E-state index is -4.76. The van der Waals surface area contributed by atoms with E-state index in [-0.39, 0.29) is 29.6 Å². The lowest BCUT2D eigenvalue weighted by Crippen LogP contribution is -2.54. The van der Waals surface area contributed by atoms with Crippen molar-refractivity contribution in [2.45, 2.75) is 63.3 Å². The van der Waals surface area contributed by atoms with Crippen LogP contribution in [-0.2, 0) is 38.8 Å². The van der Waals surface area contributed by atoms with Crippen molar-refractivity contribution in [1.29, 1.82) is 0 Å². The molecule has 2 atom stereocenters. The first-order valence-corrected chi connectivity index (χ1v) is 16.7. The smallest absolute Gasteiger partial charge is 0.352 e. The van der Waals surface area contributed by atoms with Crippen LogP contribution in [-0.4, -0.2) is 43.8 Å². The van der Waals surface area contributed by atoms with Gasteiger partial charge in [-0.15, -0.1) is 0 Å². The maximum absolute atomic E-state index is 14.5. The first-order chi connectivity index (χ1) is 22.3. The van der Waals surface area contributed by atoms with Gasteiger partial charge in [0, 0.05) is 19.0 Å². The average molecular weight is 666 g/mol. The molecule has 0 aliphatic heterocycles. The second-order valence-electron chi connectivity index (χ2n) is 11.4. The molecule has 2 amide bonds. The number of carbonyl (C=O) groups excluding carboxylic acids is 2. The van der Waals surface area contributed by atoms with E-state index in [0.29, 0.717) is 22.4 Å². The van der Waals surface area contributed by atoms with Gasteiger partial charge in [-0.05, 0) is 61.7 Å². The van der Waals surface area contributed by atoms with E-state index in [2.05, 4.69) is 5.32 Å². The fourth-order valence-corrected chi connectivity index (χ4v) is 6.52. The molecule has 0 radical (unpaired) electrons. The highest BCUT2D eigenvalue weighted by Crippen LogP contribution is 2.33. The number of hydrogen-bond donors (Lipinski definition) is 1. The lowest BCUT2D eigenvalue weighted by atomic mass is 10.0. The Morgan fingerprint density at radius 1 is 0.830 bits per heavy atom. The number of amides is 2. The van der Waals surface area contributed by atoms with Gasteiger partial charge in [0.25, 0.3) is 10.0 Å². The summed E-state index contributed by atoms with van der Waals surface area (Å²) in [5.74, 6) is -1.19. The number of nitrogens with one attached hydrogen (secondary N) is 1. The van der Waals surface area contributed by atoms with E-state index in [1.807, 2.05) is 69.3 Å². The number of halogens is 3. The first kappa shape index (κ1) is 35.2. The minimum absolute atomic E-state index is 0.0479. The van der Waals surface area contributed by atoms with E-state index < -0.39 is 46.2 Å². The molecule has 4 aromatic carbocycles. The van der Waals surface area contributed by atoms with Gasteiger partial charge in [0.05, 0.1) is 16.1 Å². The zero-order chi connectivity index (χ0) is 34.2. The summed E-state index contributed by atoms with van der Waals surface area (Å²) < 4.78 is 70.0. The third-order valence-electron chi connectivity index (χ3n) is 7.78. The van der Waals surface area contributed by atoms with Gasteiger partial charge in [-0.2, -0.15) is 13.2 Å². The van der Waals surface area contributed by atoms with Crippen LogP contribution in [0.1, 0.15) is 42.5 Å². The van der Waals surface area contributed by atoms with Gasteiger partial charge in [-0.25, -0.2) is 8.42 Å². The number of hydrogen-bond acceptors (Lipinski definition) is 4. The molecular formula is C36H38F3N3O4S. The van der Waals surface area contributed by atoms with E-state index in [0.717, 1.165) is 23.3 Å². The first-order valence-electron chi connectivity index (χ1n) is 15.2. The molecule has 0 aliphatic carbocycles. The molecule has 0 aliphatic rings. The van der Waals surface area contributed by atoms with Crippen molar-refractivity contribution < 1.29 is 31.2 Å². The Hall–Kier alpha value is -4.64. The average Bonchev–Trinajstić information content (AvgIpc) is 3.05. The van der Waals surface area contributed by atoms with Gasteiger partial charge in [0.15, 0.2) is 0 Å². The van der Waals surface area contributed by atoms with Crippen molar-refractivity contribution in [3.8, 4) is 0 Å². The fourth-order valence-electron chi connectivity index (χ4n) is 5.09. The highest BCUT2D eigenvalue weighted by molar-refractivity contribution is 7.92. The van der Waals surface area contributed by atoms with Crippen molar-refractivity contribution >= 4 is 27.5 Å². The van der Waals surface area contributed by atoms with Gasteiger partial charge >= 0.3 is 6.18 Å². The van der Waals surface area contributed by atoms with Crippen molar-refractivity contribution in [3.05, 3.63) is 131 Å². The minimum Gasteiger partial charge on any atom is -0.352 e. The maximum atomic E-state index is 14.5. The van der Waals surface area contributed by atoms with Gasteiger partial charge in [0.2, 0.25) is 11.8 Å². The highest BCUT2D eigenvalue weighted by Gasteiger charge is 2.36. The van der Waals surface area contributed by atoms with Crippen LogP contribution in [0.15, 0.2) is 114 Å². The summed E-state index contributed by atoms with van der Waals surface area (Å²) in [6.07, 6.45) is -4.00. The van der Waals surface area contributed by atoms with Crippen molar-refractivity contribution in [3.63, 3.8) is 0 Å². The van der Waals surface area contributed by atoms with Crippen LogP contribution in [0.2, 0.25) is 0 Å². The summed E-state index contributed by atoms with van der Waals surface area (Å²) in [5, 5.41) is 2.96. The van der Waals surface area contributed by atoms with E-state index in [1.165, 1.54) is 35.2 Å². The molecule has 248 valence electrons. The third-order valence-corrected chi connectivity index (χ3v) is 9.57. The number of sulfonamides is 1. The number of nitrogens with zero attached hydrogens (tertiary/aromatic N) is 2. The summed E-state index contributed by atoms with van der Waals surface area (Å²) in [7, 11) is -4.53. The second-order valence-corrected chi connectivity index (χ2v) is 13.3. The Bertz CT molecular complexity index is 1770. The maximum Gasteiger partial charge on any atom is 0.416 e. The molecule has 0 spiro atoms. The Morgan fingerprint density at radius 3 is 2.06 bits per heavy atom. The Kier molecular flexibility index (Phi) is 11.5. The van der Waals surface area contributed by atoms with E-state index >= 15 is 0 Å². The summed E-state index contributed by atoms with van der Waals surface area (Å²) in [4.78, 5) is 29.5. The zero-order valence-corrected chi connectivity index (χ0v) is 27.3. The number of carbonyl (C=O) groups is 2. The van der Waals surface area contributed by atoms with Crippen LogP contribution >= 0.6 is 0 Å². The molecule has 0 bridgehead atoms. The Morgan fingerprint density at radius 2 is 1.45 bits per heavy atom. The van der Waals surface area contributed by atoms with Crippen molar-refractivity contribution in [1.82, 2.24) is 10.2 Å². The Labute approximate surface area is 274 Å². The van der Waals surface area contributed by atoms with Gasteiger partial charge in [-0.1, -0.05) is 91.3 Å². The molecule has 47 heavy (non-hydrogen) atoms. The van der Waals surface area contributed by atoms with Crippen LogP contribution in [0.4, 0.5) is 18.9 Å². The lowest BCUT2D eigenvalue weighted by Gasteiger charge is -2.34. The fraction of sp³-hybridized carbons (Fsp3) is 0.278. The molecule has 0 fully saturated rings. The van der Waals surface area contributed by atoms with E-state index in [1.54, 1.807) is 12.1 Å². The summed E-state index contributed by atoms with van der Waals surface area (Å²) in [6, 6.07) is 26.2. The molecular weight excluding hydrogens is 627 g/mol. The standard InChI is InChI=1S/C36H38F3N3O4S/c1-4-27(3)40-35(44)33(22-28-14-7-5-8-15-28)41(24-29-16-11-13-26(2)21-29)34(43)25-42(47(45,46)32-19-9-6-10-20-32)31-18-12-17-30(23-31)36(37,38)39/h5-21,23,27,33H,4,22,24-25H2,1-3H3,(H,40,44)/t27-,33-/m1/s1. The largest absolute Gasteiger partial charge is 0.416 e. The molecule has 0 heterocycles.